The van der Waals surface area contributed by atoms with Crippen LogP contribution in [0.4, 0.5) is 0 Å². The first-order valence-electron chi connectivity index (χ1n) is 10.6. The van der Waals surface area contributed by atoms with Gasteiger partial charge in [0, 0.05) is 5.92 Å². The standard InChI is InChI=1S/C19H35N3O8/c1-4-9-13(24)12(21-3)15-16(14(9)25)29-18-19(27,30-15)11(7-8(2)28-18)22-17(26)10(23)5-6-20/h8-16,18,21,23-25,27H,4-7,20H2,1-3H3,(H,22,26)/t8-,9-,10+,11-,12+,13+,14+,15?,16?,18?,19+/m1/s1. The molecule has 1 aliphatic carbocycles. The average Bonchev–Trinajstić information content (AvgIpc) is 2.69. The van der Waals surface area contributed by atoms with E-state index in [1.54, 1.807) is 14.0 Å². The van der Waals surface area contributed by atoms with Gasteiger partial charge in [-0.2, -0.15) is 0 Å². The highest BCUT2D eigenvalue weighted by Crippen LogP contribution is 2.43. The van der Waals surface area contributed by atoms with E-state index in [9.17, 15) is 25.2 Å². The molecule has 0 aromatic heterocycles. The van der Waals surface area contributed by atoms with Crippen LogP contribution in [-0.2, 0) is 19.0 Å². The molecular formula is C19H35N3O8. The van der Waals surface area contributed by atoms with Crippen LogP contribution in [0.25, 0.3) is 0 Å². The highest BCUT2D eigenvalue weighted by atomic mass is 16.8. The Kier molecular flexibility index (Phi) is 7.37. The predicted molar refractivity (Wildman–Crippen MR) is 104 cm³/mol. The molecular weight excluding hydrogens is 398 g/mol. The van der Waals surface area contributed by atoms with Crippen molar-refractivity contribution in [1.82, 2.24) is 10.6 Å². The Morgan fingerprint density at radius 3 is 2.57 bits per heavy atom. The zero-order valence-corrected chi connectivity index (χ0v) is 17.6. The van der Waals surface area contributed by atoms with Crippen molar-refractivity contribution in [2.24, 2.45) is 11.7 Å². The summed E-state index contributed by atoms with van der Waals surface area (Å²) in [5, 5.41) is 48.4. The molecule has 3 fully saturated rings. The Morgan fingerprint density at radius 1 is 1.27 bits per heavy atom. The van der Waals surface area contributed by atoms with Crippen molar-refractivity contribution in [3.8, 4) is 0 Å². The Hall–Kier alpha value is -0.890. The van der Waals surface area contributed by atoms with E-state index in [2.05, 4.69) is 10.6 Å². The Labute approximate surface area is 175 Å². The van der Waals surface area contributed by atoms with Crippen LogP contribution in [0.5, 0.6) is 0 Å². The molecule has 174 valence electrons. The summed E-state index contributed by atoms with van der Waals surface area (Å²) < 4.78 is 17.8. The van der Waals surface area contributed by atoms with Crippen molar-refractivity contribution in [2.75, 3.05) is 13.6 Å². The number of aliphatic hydroxyl groups is 4. The predicted octanol–water partition coefficient (Wildman–Crippen LogP) is -2.86. The van der Waals surface area contributed by atoms with E-state index in [0.29, 0.717) is 6.42 Å². The van der Waals surface area contributed by atoms with Crippen LogP contribution in [0.3, 0.4) is 0 Å². The quantitative estimate of drug-likeness (QED) is 0.231. The van der Waals surface area contributed by atoms with E-state index in [0.717, 1.165) is 0 Å². The third-order valence-electron chi connectivity index (χ3n) is 6.49. The van der Waals surface area contributed by atoms with E-state index in [-0.39, 0.29) is 25.5 Å². The molecule has 11 nitrogen and oxygen atoms in total. The van der Waals surface area contributed by atoms with Crippen molar-refractivity contribution in [1.29, 1.82) is 0 Å². The molecule has 0 spiro atoms. The summed E-state index contributed by atoms with van der Waals surface area (Å²) in [5.74, 6) is -3.20. The Morgan fingerprint density at radius 2 is 1.97 bits per heavy atom. The third kappa shape index (κ3) is 4.10. The summed E-state index contributed by atoms with van der Waals surface area (Å²) in [6.45, 7) is 3.76. The minimum absolute atomic E-state index is 0.0765. The number of nitrogens with two attached hydrogens (primary N) is 1. The number of hydrogen-bond acceptors (Lipinski definition) is 10. The molecule has 0 aromatic rings. The Balaban J connectivity index is 1.86. The van der Waals surface area contributed by atoms with Crippen LogP contribution < -0.4 is 16.4 Å². The zero-order valence-electron chi connectivity index (χ0n) is 17.6. The van der Waals surface area contributed by atoms with Gasteiger partial charge in [-0.15, -0.1) is 0 Å². The maximum atomic E-state index is 12.4. The third-order valence-corrected chi connectivity index (χ3v) is 6.49. The lowest BCUT2D eigenvalue weighted by Gasteiger charge is -2.58. The fourth-order valence-corrected chi connectivity index (χ4v) is 4.80. The lowest BCUT2D eigenvalue weighted by Crippen LogP contribution is -2.77. The van der Waals surface area contributed by atoms with Gasteiger partial charge in [0.25, 0.3) is 0 Å². The lowest BCUT2D eigenvalue weighted by molar-refractivity contribution is -0.450. The molecule has 8 N–H and O–H groups in total. The number of hydrogen-bond donors (Lipinski definition) is 7. The number of rotatable bonds is 6. The smallest absolute Gasteiger partial charge is 0.249 e. The number of ether oxygens (including phenoxy) is 3. The zero-order chi connectivity index (χ0) is 22.2. The first-order valence-corrected chi connectivity index (χ1v) is 10.6. The molecule has 11 heteroatoms. The van der Waals surface area contributed by atoms with Crippen LogP contribution in [0.1, 0.15) is 33.1 Å². The molecule has 2 aliphatic heterocycles. The van der Waals surface area contributed by atoms with Crippen LogP contribution in [0.2, 0.25) is 0 Å². The van der Waals surface area contributed by atoms with Gasteiger partial charge in [0.15, 0.2) is 0 Å². The monoisotopic (exact) mass is 433 g/mol. The molecule has 3 aliphatic rings. The van der Waals surface area contributed by atoms with E-state index < -0.39 is 66.5 Å². The van der Waals surface area contributed by atoms with Gasteiger partial charge >= 0.3 is 0 Å². The number of carbonyl (C=O) groups excluding carboxylic acids is 1. The van der Waals surface area contributed by atoms with E-state index >= 15 is 0 Å². The molecule has 30 heavy (non-hydrogen) atoms. The molecule has 3 unspecified atom stereocenters. The van der Waals surface area contributed by atoms with Crippen LogP contribution in [-0.4, -0.2) is 101 Å². The van der Waals surface area contributed by atoms with E-state index in [1.165, 1.54) is 0 Å². The lowest BCUT2D eigenvalue weighted by atomic mass is 9.74. The molecule has 2 heterocycles. The molecule has 0 bridgehead atoms. The summed E-state index contributed by atoms with van der Waals surface area (Å²) in [6.07, 6.45) is -5.85. The van der Waals surface area contributed by atoms with Gasteiger partial charge in [-0.25, -0.2) is 0 Å². The van der Waals surface area contributed by atoms with Crippen molar-refractivity contribution < 1.29 is 39.4 Å². The van der Waals surface area contributed by atoms with Gasteiger partial charge in [0.05, 0.1) is 30.4 Å². The molecule has 11 atom stereocenters. The number of fused-ring (bicyclic) bond motifs is 2. The van der Waals surface area contributed by atoms with Crippen molar-refractivity contribution in [3.63, 3.8) is 0 Å². The SMILES string of the molecule is CC[C@@H]1[C@H](O)[C@H](NC)C2O[C@]3(O)C(OC2[C@H]1O)O[C@H](C)C[C@H]3NC(=O)[C@@H](O)CCN. The van der Waals surface area contributed by atoms with Crippen LogP contribution in [0, 0.1) is 5.92 Å². The van der Waals surface area contributed by atoms with Gasteiger partial charge in [0.1, 0.15) is 18.3 Å². The summed E-state index contributed by atoms with van der Waals surface area (Å²) in [4.78, 5) is 12.4. The van der Waals surface area contributed by atoms with Gasteiger partial charge in [0.2, 0.25) is 18.0 Å². The van der Waals surface area contributed by atoms with Crippen molar-refractivity contribution >= 4 is 5.91 Å². The molecule has 1 amide bonds. The first-order chi connectivity index (χ1) is 14.2. The number of nitrogens with one attached hydrogen (secondary N) is 2. The maximum absolute atomic E-state index is 12.4. The summed E-state index contributed by atoms with van der Waals surface area (Å²) >= 11 is 0. The topological polar surface area (TPSA) is 176 Å². The second kappa shape index (κ2) is 9.31. The molecule has 0 aromatic carbocycles. The molecule has 1 saturated carbocycles. The van der Waals surface area contributed by atoms with Crippen molar-refractivity contribution in [2.45, 2.75) is 93.9 Å². The minimum atomic E-state index is -2.07. The fraction of sp³-hybridized carbons (Fsp3) is 0.947. The second-order valence-corrected chi connectivity index (χ2v) is 8.47. The van der Waals surface area contributed by atoms with Crippen LogP contribution >= 0.6 is 0 Å². The fourth-order valence-electron chi connectivity index (χ4n) is 4.80. The average molecular weight is 434 g/mol. The summed E-state index contributed by atoms with van der Waals surface area (Å²) in [7, 11) is 1.65. The Bertz CT molecular complexity index is 612. The molecule has 0 radical (unpaired) electrons. The largest absolute Gasteiger partial charge is 0.391 e. The van der Waals surface area contributed by atoms with Gasteiger partial charge < -0.3 is 51.0 Å². The van der Waals surface area contributed by atoms with Gasteiger partial charge in [-0.05, 0) is 39.8 Å². The maximum Gasteiger partial charge on any atom is 0.249 e. The van der Waals surface area contributed by atoms with Crippen molar-refractivity contribution in [3.05, 3.63) is 0 Å². The number of carbonyl (C=O) groups is 1. The molecule has 3 rings (SSSR count). The summed E-state index contributed by atoms with van der Waals surface area (Å²) in [5.41, 5.74) is 5.40. The summed E-state index contributed by atoms with van der Waals surface area (Å²) in [6, 6.07) is -1.56. The van der Waals surface area contributed by atoms with E-state index in [1.807, 2.05) is 6.92 Å². The second-order valence-electron chi connectivity index (χ2n) is 8.47. The first kappa shape index (κ1) is 23.8. The number of likely N-dealkylation sites (N-methyl/N-ethyl adjacent to an activating group) is 1. The normalized spacial score (nSPS) is 47.1. The highest BCUT2D eigenvalue weighted by molar-refractivity contribution is 5.80. The highest BCUT2D eigenvalue weighted by Gasteiger charge is 2.63. The van der Waals surface area contributed by atoms with E-state index in [4.69, 9.17) is 19.9 Å². The van der Waals surface area contributed by atoms with Gasteiger partial charge in [-0.1, -0.05) is 6.92 Å². The minimum Gasteiger partial charge on any atom is -0.391 e. The van der Waals surface area contributed by atoms with Gasteiger partial charge in [-0.3, -0.25) is 4.79 Å². The van der Waals surface area contributed by atoms with Crippen LogP contribution in [0.15, 0.2) is 0 Å². The number of aliphatic hydroxyl groups excluding tert-OH is 3. The number of amides is 1. The molecule has 2 saturated heterocycles.